The third-order valence-electron chi connectivity index (χ3n) is 2.38. The molecular weight excluding hydrogens is 244 g/mol. The number of nitrogens with zero attached hydrogens (tertiary/aromatic N) is 2. The van der Waals surface area contributed by atoms with Crippen molar-refractivity contribution in [3.8, 4) is 0 Å². The van der Waals surface area contributed by atoms with Crippen LogP contribution >= 0.6 is 11.6 Å². The standard InChI is InChI=1S/C11H15ClN2O3/c1-7(2)14(6-10(15)16)11(17)9-4-8(12)5-13(9)3/h4-5,7H,6H2,1-3H3,(H,15,16). The number of carboxylic acids is 1. The molecule has 0 aliphatic heterocycles. The molecule has 17 heavy (non-hydrogen) atoms. The van der Waals surface area contributed by atoms with Gasteiger partial charge in [-0.25, -0.2) is 0 Å². The highest BCUT2D eigenvalue weighted by atomic mass is 35.5. The zero-order chi connectivity index (χ0) is 13.2. The van der Waals surface area contributed by atoms with Gasteiger partial charge in [0.2, 0.25) is 0 Å². The van der Waals surface area contributed by atoms with Crippen LogP contribution < -0.4 is 0 Å². The maximum atomic E-state index is 12.1. The number of aromatic nitrogens is 1. The molecule has 1 rings (SSSR count). The number of halogens is 1. The highest BCUT2D eigenvalue weighted by Gasteiger charge is 2.23. The zero-order valence-corrected chi connectivity index (χ0v) is 10.7. The topological polar surface area (TPSA) is 62.5 Å². The van der Waals surface area contributed by atoms with E-state index in [4.69, 9.17) is 16.7 Å². The van der Waals surface area contributed by atoms with Gasteiger partial charge in [0.05, 0.1) is 5.02 Å². The molecule has 0 aromatic carbocycles. The van der Waals surface area contributed by atoms with Crippen LogP contribution in [0.1, 0.15) is 24.3 Å². The lowest BCUT2D eigenvalue weighted by Gasteiger charge is -2.24. The van der Waals surface area contributed by atoms with Gasteiger partial charge in [-0.1, -0.05) is 11.6 Å². The average Bonchev–Trinajstić information content (AvgIpc) is 2.52. The first kappa shape index (κ1) is 13.6. The fourth-order valence-electron chi connectivity index (χ4n) is 1.52. The molecule has 0 atom stereocenters. The largest absolute Gasteiger partial charge is 0.480 e. The molecule has 0 fully saturated rings. The summed E-state index contributed by atoms with van der Waals surface area (Å²) in [5, 5.41) is 9.23. The van der Waals surface area contributed by atoms with Gasteiger partial charge in [0, 0.05) is 19.3 Å². The van der Waals surface area contributed by atoms with Gasteiger partial charge in [0.15, 0.2) is 0 Å². The first-order valence-electron chi connectivity index (χ1n) is 5.17. The van der Waals surface area contributed by atoms with Gasteiger partial charge in [0.1, 0.15) is 12.2 Å². The van der Waals surface area contributed by atoms with Crippen molar-refractivity contribution in [1.82, 2.24) is 9.47 Å². The summed E-state index contributed by atoms with van der Waals surface area (Å²) < 4.78 is 1.59. The molecule has 0 bridgehead atoms. The van der Waals surface area contributed by atoms with E-state index < -0.39 is 5.97 Å². The third kappa shape index (κ3) is 3.23. The predicted octanol–water partition coefficient (Wildman–Crippen LogP) is 1.61. The molecule has 0 unspecified atom stereocenters. The normalized spacial score (nSPS) is 10.6. The summed E-state index contributed by atoms with van der Waals surface area (Å²) in [4.78, 5) is 24.1. The fourth-order valence-corrected chi connectivity index (χ4v) is 1.77. The lowest BCUT2D eigenvalue weighted by atomic mass is 10.2. The zero-order valence-electron chi connectivity index (χ0n) is 9.98. The van der Waals surface area contributed by atoms with Crippen LogP contribution in [-0.2, 0) is 11.8 Å². The molecule has 0 spiro atoms. The Balaban J connectivity index is 2.99. The highest BCUT2D eigenvalue weighted by Crippen LogP contribution is 2.15. The number of carbonyl (C=O) groups excluding carboxylic acids is 1. The number of rotatable bonds is 4. The Bertz CT molecular complexity index is 440. The van der Waals surface area contributed by atoms with E-state index in [0.29, 0.717) is 10.7 Å². The molecule has 1 heterocycles. The number of amides is 1. The highest BCUT2D eigenvalue weighted by molar-refractivity contribution is 6.31. The minimum Gasteiger partial charge on any atom is -0.480 e. The molecule has 0 aliphatic rings. The fraction of sp³-hybridized carbons (Fsp3) is 0.455. The van der Waals surface area contributed by atoms with Crippen LogP contribution in [0.15, 0.2) is 12.3 Å². The molecule has 1 aromatic heterocycles. The Morgan fingerprint density at radius 2 is 2.12 bits per heavy atom. The molecule has 1 N–H and O–H groups in total. The Kier molecular flexibility index (Phi) is 4.17. The molecule has 6 heteroatoms. The third-order valence-corrected chi connectivity index (χ3v) is 2.59. The maximum Gasteiger partial charge on any atom is 0.323 e. The van der Waals surface area contributed by atoms with E-state index in [1.165, 1.54) is 11.0 Å². The van der Waals surface area contributed by atoms with Gasteiger partial charge in [-0.15, -0.1) is 0 Å². The van der Waals surface area contributed by atoms with Gasteiger partial charge >= 0.3 is 5.97 Å². The van der Waals surface area contributed by atoms with E-state index in [2.05, 4.69) is 0 Å². The second kappa shape index (κ2) is 5.23. The second-order valence-corrected chi connectivity index (χ2v) is 4.51. The SMILES string of the molecule is CC(C)N(CC(=O)O)C(=O)c1cc(Cl)cn1C. The Hall–Kier alpha value is -1.49. The van der Waals surface area contributed by atoms with Crippen LogP contribution in [-0.4, -0.2) is 39.0 Å². The van der Waals surface area contributed by atoms with Crippen molar-refractivity contribution >= 4 is 23.5 Å². The van der Waals surface area contributed by atoms with Crippen molar-refractivity contribution in [2.75, 3.05) is 6.54 Å². The van der Waals surface area contributed by atoms with Crippen LogP contribution in [0, 0.1) is 0 Å². The van der Waals surface area contributed by atoms with E-state index in [-0.39, 0.29) is 18.5 Å². The molecule has 0 aliphatic carbocycles. The van der Waals surface area contributed by atoms with E-state index in [0.717, 1.165) is 0 Å². The van der Waals surface area contributed by atoms with Crippen molar-refractivity contribution in [2.24, 2.45) is 7.05 Å². The van der Waals surface area contributed by atoms with Gasteiger partial charge in [-0.2, -0.15) is 0 Å². The minimum absolute atomic E-state index is 0.188. The number of aryl methyl sites for hydroxylation is 1. The monoisotopic (exact) mass is 258 g/mol. The van der Waals surface area contributed by atoms with Crippen molar-refractivity contribution in [3.05, 3.63) is 23.0 Å². The summed E-state index contributed by atoms with van der Waals surface area (Å²) in [5.74, 6) is -1.37. The predicted molar refractivity (Wildman–Crippen MR) is 64.2 cm³/mol. The molecule has 0 saturated carbocycles. The number of carboxylic acid groups (broad SMARTS) is 1. The molecule has 5 nitrogen and oxygen atoms in total. The first-order valence-corrected chi connectivity index (χ1v) is 5.55. The second-order valence-electron chi connectivity index (χ2n) is 4.08. The molecule has 0 radical (unpaired) electrons. The van der Waals surface area contributed by atoms with Gasteiger partial charge in [-0.3, -0.25) is 9.59 Å². The van der Waals surface area contributed by atoms with Gasteiger partial charge < -0.3 is 14.6 Å². The van der Waals surface area contributed by atoms with E-state index >= 15 is 0 Å². The van der Waals surface area contributed by atoms with E-state index in [1.807, 2.05) is 0 Å². The van der Waals surface area contributed by atoms with Crippen LogP contribution in [0.2, 0.25) is 5.02 Å². The lowest BCUT2D eigenvalue weighted by Crippen LogP contribution is -2.41. The van der Waals surface area contributed by atoms with Crippen molar-refractivity contribution in [1.29, 1.82) is 0 Å². The number of hydrogen-bond donors (Lipinski definition) is 1. The first-order chi connectivity index (χ1) is 7.82. The Morgan fingerprint density at radius 1 is 1.53 bits per heavy atom. The Morgan fingerprint density at radius 3 is 2.47 bits per heavy atom. The summed E-state index contributed by atoms with van der Waals surface area (Å²) in [6.07, 6.45) is 1.61. The van der Waals surface area contributed by atoms with Crippen LogP contribution in [0.3, 0.4) is 0 Å². The lowest BCUT2D eigenvalue weighted by molar-refractivity contribution is -0.138. The molecule has 94 valence electrons. The number of aliphatic carboxylic acids is 1. The van der Waals surface area contributed by atoms with Crippen molar-refractivity contribution in [3.63, 3.8) is 0 Å². The molecule has 1 amide bonds. The van der Waals surface area contributed by atoms with Gasteiger partial charge in [0.25, 0.3) is 5.91 Å². The smallest absolute Gasteiger partial charge is 0.323 e. The quantitative estimate of drug-likeness (QED) is 0.893. The Labute approximate surface area is 105 Å². The summed E-state index contributed by atoms with van der Waals surface area (Å²) >= 11 is 5.79. The minimum atomic E-state index is -1.03. The van der Waals surface area contributed by atoms with E-state index in [9.17, 15) is 9.59 Å². The number of carbonyl (C=O) groups is 2. The summed E-state index contributed by atoms with van der Waals surface area (Å²) in [5.41, 5.74) is 0.380. The van der Waals surface area contributed by atoms with Gasteiger partial charge in [-0.05, 0) is 19.9 Å². The van der Waals surface area contributed by atoms with Crippen LogP contribution in [0.25, 0.3) is 0 Å². The van der Waals surface area contributed by atoms with Crippen LogP contribution in [0.4, 0.5) is 0 Å². The summed E-state index contributed by atoms with van der Waals surface area (Å²) in [6.45, 7) is 3.22. The molecule has 0 saturated heterocycles. The van der Waals surface area contributed by atoms with E-state index in [1.54, 1.807) is 31.7 Å². The van der Waals surface area contributed by atoms with Crippen LogP contribution in [0.5, 0.6) is 0 Å². The molecule has 1 aromatic rings. The van der Waals surface area contributed by atoms with Crippen molar-refractivity contribution in [2.45, 2.75) is 19.9 Å². The summed E-state index contributed by atoms with van der Waals surface area (Å²) in [7, 11) is 1.69. The molecular formula is C11H15ClN2O3. The average molecular weight is 259 g/mol. The van der Waals surface area contributed by atoms with Crippen molar-refractivity contribution < 1.29 is 14.7 Å². The summed E-state index contributed by atoms with van der Waals surface area (Å²) in [6, 6.07) is 1.34. The maximum absolute atomic E-state index is 12.1. The number of hydrogen-bond acceptors (Lipinski definition) is 2.